The maximum atomic E-state index is 14.9. The molecule has 2 aromatic carbocycles. The number of rotatable bonds is 9. The van der Waals surface area contributed by atoms with Gasteiger partial charge in [0.2, 0.25) is 0 Å². The lowest BCUT2D eigenvalue weighted by Crippen LogP contribution is -2.00. The lowest BCUT2D eigenvalue weighted by molar-refractivity contribution is -0.107. The van der Waals surface area contributed by atoms with E-state index in [0.717, 1.165) is 47.9 Å². The fraction of sp³-hybridized carbons (Fsp3) is 0.261. The number of benzene rings is 2. The molecule has 0 unspecified atom stereocenters. The number of nitrogens with zero attached hydrogens (tertiary/aromatic N) is 2. The van der Waals surface area contributed by atoms with E-state index in [1.54, 1.807) is 12.1 Å². The standard InChI is InChI=1S/C23H23FN4O2/c1-15-12-18-19(27-15)8-9-20(22(18)24)28-23-17-7-6-16(13-21(17)25-14-26-23)30-11-5-3-2-4-10-29/h6-10,12-14,27H,2-5,11H2,1H3,(H,25,26,28). The summed E-state index contributed by atoms with van der Waals surface area (Å²) in [5.74, 6) is 0.932. The SMILES string of the molecule is Cc1cc2c(F)c(Nc3ncnc4cc(OCCCCCC=O)ccc34)ccc2[nH]1. The van der Waals surface area contributed by atoms with Gasteiger partial charge < -0.3 is 19.8 Å². The molecule has 4 rings (SSSR count). The summed E-state index contributed by atoms with van der Waals surface area (Å²) in [6.45, 7) is 2.48. The molecular formula is C23H23FN4O2. The molecular weight excluding hydrogens is 383 g/mol. The largest absolute Gasteiger partial charge is 0.494 e. The first-order chi connectivity index (χ1) is 14.7. The van der Waals surface area contributed by atoms with Crippen LogP contribution in [0, 0.1) is 12.7 Å². The number of H-pyrrole nitrogens is 1. The number of anilines is 2. The summed E-state index contributed by atoms with van der Waals surface area (Å²) in [5.41, 5.74) is 2.74. The van der Waals surface area contributed by atoms with Crippen LogP contribution in [0.2, 0.25) is 0 Å². The first kappa shape index (κ1) is 19.8. The van der Waals surface area contributed by atoms with Crippen LogP contribution in [0.15, 0.2) is 42.7 Å². The summed E-state index contributed by atoms with van der Waals surface area (Å²) in [7, 11) is 0. The zero-order chi connectivity index (χ0) is 20.9. The monoisotopic (exact) mass is 406 g/mol. The van der Waals surface area contributed by atoms with Crippen molar-refractivity contribution in [3.8, 4) is 5.75 Å². The smallest absolute Gasteiger partial charge is 0.156 e. The van der Waals surface area contributed by atoms with Gasteiger partial charge in [0.25, 0.3) is 0 Å². The summed E-state index contributed by atoms with van der Waals surface area (Å²) in [6, 6.07) is 10.9. The molecule has 6 nitrogen and oxygen atoms in total. The average molecular weight is 406 g/mol. The van der Waals surface area contributed by atoms with Gasteiger partial charge >= 0.3 is 0 Å². The number of fused-ring (bicyclic) bond motifs is 2. The summed E-state index contributed by atoms with van der Waals surface area (Å²) in [5, 5.41) is 4.42. The first-order valence-corrected chi connectivity index (χ1v) is 10.0. The molecule has 0 spiro atoms. The van der Waals surface area contributed by atoms with Crippen molar-refractivity contribution in [1.29, 1.82) is 0 Å². The molecule has 0 aliphatic rings. The first-order valence-electron chi connectivity index (χ1n) is 10.0. The van der Waals surface area contributed by atoms with Crippen molar-refractivity contribution in [2.75, 3.05) is 11.9 Å². The van der Waals surface area contributed by atoms with Crippen LogP contribution in [0.5, 0.6) is 5.75 Å². The van der Waals surface area contributed by atoms with Crippen LogP contribution < -0.4 is 10.1 Å². The van der Waals surface area contributed by atoms with E-state index in [0.29, 0.717) is 35.4 Å². The van der Waals surface area contributed by atoms with Crippen LogP contribution in [-0.4, -0.2) is 27.8 Å². The van der Waals surface area contributed by atoms with Gasteiger partial charge in [-0.15, -0.1) is 0 Å². The second-order valence-electron chi connectivity index (χ2n) is 7.23. The Bertz CT molecular complexity index is 1190. The molecule has 2 N–H and O–H groups in total. The number of carbonyl (C=O) groups is 1. The van der Waals surface area contributed by atoms with Crippen LogP contribution in [0.3, 0.4) is 0 Å². The van der Waals surface area contributed by atoms with E-state index >= 15 is 0 Å². The Morgan fingerprint density at radius 3 is 2.87 bits per heavy atom. The van der Waals surface area contributed by atoms with Gasteiger partial charge in [0, 0.05) is 34.5 Å². The zero-order valence-corrected chi connectivity index (χ0v) is 16.7. The molecule has 0 atom stereocenters. The number of carbonyl (C=O) groups excluding carboxylic acids is 1. The van der Waals surface area contributed by atoms with Gasteiger partial charge in [-0.1, -0.05) is 0 Å². The highest BCUT2D eigenvalue weighted by Gasteiger charge is 2.12. The highest BCUT2D eigenvalue weighted by Crippen LogP contribution is 2.30. The lowest BCUT2D eigenvalue weighted by Gasteiger charge is -2.11. The Labute approximate surface area is 173 Å². The van der Waals surface area contributed by atoms with Crippen molar-refractivity contribution in [3.05, 3.63) is 54.2 Å². The maximum Gasteiger partial charge on any atom is 0.156 e. The average Bonchev–Trinajstić information content (AvgIpc) is 3.14. The van der Waals surface area contributed by atoms with E-state index < -0.39 is 0 Å². The van der Waals surface area contributed by atoms with Gasteiger partial charge in [-0.25, -0.2) is 14.4 Å². The molecule has 0 fully saturated rings. The fourth-order valence-corrected chi connectivity index (χ4v) is 3.45. The number of aromatic amines is 1. The number of aryl methyl sites for hydroxylation is 1. The number of aromatic nitrogens is 3. The molecule has 0 aliphatic heterocycles. The Morgan fingerprint density at radius 1 is 1.10 bits per heavy atom. The van der Waals surface area contributed by atoms with Crippen molar-refractivity contribution >= 4 is 39.6 Å². The molecule has 2 heterocycles. The van der Waals surface area contributed by atoms with Crippen LogP contribution in [0.1, 0.15) is 31.4 Å². The molecule has 0 radical (unpaired) electrons. The molecule has 154 valence electrons. The molecule has 30 heavy (non-hydrogen) atoms. The lowest BCUT2D eigenvalue weighted by atomic mass is 10.2. The molecule has 0 bridgehead atoms. The predicted molar refractivity (Wildman–Crippen MR) is 116 cm³/mol. The molecule has 0 aliphatic carbocycles. The van der Waals surface area contributed by atoms with Crippen molar-refractivity contribution < 1.29 is 13.9 Å². The topological polar surface area (TPSA) is 79.9 Å². The van der Waals surface area contributed by atoms with Crippen molar-refractivity contribution in [2.45, 2.75) is 32.6 Å². The second-order valence-corrected chi connectivity index (χ2v) is 7.23. The fourth-order valence-electron chi connectivity index (χ4n) is 3.45. The maximum absolute atomic E-state index is 14.9. The molecule has 7 heteroatoms. The number of nitrogens with one attached hydrogen (secondary N) is 2. The second kappa shape index (κ2) is 8.90. The minimum Gasteiger partial charge on any atom is -0.494 e. The molecule has 0 saturated heterocycles. The van der Waals surface area contributed by atoms with Crippen molar-refractivity contribution in [3.63, 3.8) is 0 Å². The molecule has 0 amide bonds. The van der Waals surface area contributed by atoms with Crippen LogP contribution in [0.4, 0.5) is 15.9 Å². The quantitative estimate of drug-likeness (QED) is 0.286. The van der Waals surface area contributed by atoms with E-state index in [2.05, 4.69) is 20.3 Å². The van der Waals surface area contributed by atoms with Crippen LogP contribution in [0.25, 0.3) is 21.8 Å². The third-order valence-electron chi connectivity index (χ3n) is 4.97. The number of hydrogen-bond acceptors (Lipinski definition) is 5. The predicted octanol–water partition coefficient (Wildman–Crippen LogP) is 5.44. The van der Waals surface area contributed by atoms with Crippen molar-refractivity contribution in [1.82, 2.24) is 15.0 Å². The number of halogens is 1. The van der Waals surface area contributed by atoms with Gasteiger partial charge in [0.1, 0.15) is 24.2 Å². The summed E-state index contributed by atoms with van der Waals surface area (Å²) in [4.78, 5) is 22.1. The molecule has 2 aromatic heterocycles. The third-order valence-corrected chi connectivity index (χ3v) is 4.97. The van der Waals surface area contributed by atoms with E-state index in [-0.39, 0.29) is 5.82 Å². The van der Waals surface area contributed by atoms with Gasteiger partial charge in [-0.2, -0.15) is 0 Å². The Kier molecular flexibility index (Phi) is 5.88. The molecule has 0 saturated carbocycles. The molecule has 4 aromatic rings. The summed E-state index contributed by atoms with van der Waals surface area (Å²) in [6.07, 6.45) is 5.73. The van der Waals surface area contributed by atoms with E-state index in [9.17, 15) is 9.18 Å². The van der Waals surface area contributed by atoms with E-state index in [4.69, 9.17) is 4.74 Å². The minimum atomic E-state index is -0.321. The zero-order valence-electron chi connectivity index (χ0n) is 16.7. The van der Waals surface area contributed by atoms with Gasteiger partial charge in [-0.05, 0) is 56.5 Å². The number of ether oxygens (including phenoxy) is 1. The normalized spacial score (nSPS) is 11.1. The van der Waals surface area contributed by atoms with Gasteiger partial charge in [-0.3, -0.25) is 0 Å². The number of aldehydes is 1. The number of unbranched alkanes of at least 4 members (excludes halogenated alkanes) is 3. The van der Waals surface area contributed by atoms with Gasteiger partial charge in [0.05, 0.1) is 17.8 Å². The Morgan fingerprint density at radius 2 is 2.00 bits per heavy atom. The van der Waals surface area contributed by atoms with Crippen molar-refractivity contribution in [2.24, 2.45) is 0 Å². The Balaban J connectivity index is 1.51. The summed E-state index contributed by atoms with van der Waals surface area (Å²) < 4.78 is 20.7. The van der Waals surface area contributed by atoms with Gasteiger partial charge in [0.15, 0.2) is 5.82 Å². The number of hydrogen-bond donors (Lipinski definition) is 2. The van der Waals surface area contributed by atoms with E-state index in [1.807, 2.05) is 31.2 Å². The third kappa shape index (κ3) is 4.25. The summed E-state index contributed by atoms with van der Waals surface area (Å²) >= 11 is 0. The highest BCUT2D eigenvalue weighted by atomic mass is 19.1. The minimum absolute atomic E-state index is 0.321. The Hall–Kier alpha value is -3.48. The van der Waals surface area contributed by atoms with Crippen LogP contribution in [-0.2, 0) is 4.79 Å². The van der Waals surface area contributed by atoms with Crippen LogP contribution >= 0.6 is 0 Å². The highest BCUT2D eigenvalue weighted by molar-refractivity contribution is 5.93. The van der Waals surface area contributed by atoms with E-state index in [1.165, 1.54) is 6.33 Å².